The molecule has 2 aliphatic heterocycles. The first-order valence-corrected chi connectivity index (χ1v) is 37.1. The van der Waals surface area contributed by atoms with Crippen molar-refractivity contribution in [2.24, 2.45) is 57.0 Å². The Balaban J connectivity index is 1.15. The molecular weight excluding hydrogens is 1390 g/mol. The number of guanidine groups is 1. The van der Waals surface area contributed by atoms with Gasteiger partial charge in [0.1, 0.15) is 60.4 Å². The van der Waals surface area contributed by atoms with Gasteiger partial charge in [0, 0.05) is 85.9 Å². The second-order valence-electron chi connectivity index (χ2n) is 28.7. The van der Waals surface area contributed by atoms with Crippen LogP contribution in [0.15, 0.2) is 96.2 Å². The number of rotatable bonds is 43. The number of likely N-dealkylation sites (tertiary alicyclic amines) is 2. The molecule has 108 heavy (non-hydrogen) atoms. The number of amides is 13. The fraction of sp³-hybridized carbons (Fsp3) is 0.520. The summed E-state index contributed by atoms with van der Waals surface area (Å²) < 4.78 is 0. The van der Waals surface area contributed by atoms with Crippen LogP contribution in [0.3, 0.4) is 0 Å². The van der Waals surface area contributed by atoms with Gasteiger partial charge in [-0.15, -0.1) is 0 Å². The van der Waals surface area contributed by atoms with Crippen molar-refractivity contribution >= 4 is 105 Å². The van der Waals surface area contributed by atoms with E-state index in [0.29, 0.717) is 66.1 Å². The van der Waals surface area contributed by atoms with Crippen molar-refractivity contribution in [2.75, 3.05) is 26.2 Å². The zero-order chi connectivity index (χ0) is 78.7. The van der Waals surface area contributed by atoms with E-state index in [9.17, 15) is 47.9 Å². The summed E-state index contributed by atoms with van der Waals surface area (Å²) in [5, 5.41) is 23.5. The number of H-pyrrole nitrogens is 2. The van der Waals surface area contributed by atoms with Crippen LogP contribution in [0.1, 0.15) is 141 Å². The zero-order valence-corrected chi connectivity index (χ0v) is 61.9. The molecule has 33 nitrogen and oxygen atoms in total. The highest BCUT2D eigenvalue weighted by Crippen LogP contribution is 2.26. The van der Waals surface area contributed by atoms with E-state index in [-0.39, 0.29) is 95.3 Å². The first-order valence-electron chi connectivity index (χ1n) is 37.1. The highest BCUT2D eigenvalue weighted by Gasteiger charge is 2.43. The van der Waals surface area contributed by atoms with Crippen molar-refractivity contribution in [3.8, 4) is 0 Å². The zero-order valence-electron chi connectivity index (χ0n) is 61.9. The Morgan fingerprint density at radius 2 is 0.880 bits per heavy atom. The minimum atomic E-state index is -1.69. The van der Waals surface area contributed by atoms with Gasteiger partial charge in [0.2, 0.25) is 76.8 Å². The summed E-state index contributed by atoms with van der Waals surface area (Å²) in [5.74, 6) is -10.6. The van der Waals surface area contributed by atoms with Crippen LogP contribution in [0.5, 0.6) is 0 Å². The van der Waals surface area contributed by atoms with Gasteiger partial charge in [-0.25, -0.2) is 0 Å². The van der Waals surface area contributed by atoms with Crippen molar-refractivity contribution in [3.63, 3.8) is 0 Å². The summed E-state index contributed by atoms with van der Waals surface area (Å²) in [7, 11) is 0. The second-order valence-corrected chi connectivity index (χ2v) is 28.7. The molecule has 3 aromatic carbocycles. The van der Waals surface area contributed by atoms with Crippen LogP contribution in [0.25, 0.3) is 21.8 Å². The van der Waals surface area contributed by atoms with Crippen LogP contribution in [-0.4, -0.2) is 195 Å². The number of unbranched alkanes of at least 4 members (excludes halogenated alkanes) is 1. The van der Waals surface area contributed by atoms with E-state index in [1.165, 1.54) is 9.80 Å². The van der Waals surface area contributed by atoms with Gasteiger partial charge in [0.15, 0.2) is 5.96 Å². The van der Waals surface area contributed by atoms with E-state index < -0.39 is 169 Å². The van der Waals surface area contributed by atoms with E-state index in [0.717, 1.165) is 10.9 Å². The molecule has 2 aliphatic rings. The maximum absolute atomic E-state index is 15.4. The van der Waals surface area contributed by atoms with Crippen LogP contribution in [0, 0.1) is 11.8 Å². The molecule has 33 heteroatoms. The van der Waals surface area contributed by atoms with Crippen LogP contribution >= 0.6 is 0 Å². The normalized spacial score (nSPS) is 16.7. The lowest BCUT2D eigenvalue weighted by Gasteiger charge is -2.32. The van der Waals surface area contributed by atoms with Crippen molar-refractivity contribution in [3.05, 3.63) is 108 Å². The Morgan fingerprint density at radius 3 is 1.36 bits per heavy atom. The molecule has 13 amide bonds. The average molecular weight is 1500 g/mol. The summed E-state index contributed by atoms with van der Waals surface area (Å²) in [6, 6.07) is 8.67. The van der Waals surface area contributed by atoms with Gasteiger partial charge in [-0.3, -0.25) is 67.3 Å². The van der Waals surface area contributed by atoms with Crippen molar-refractivity contribution < 1.29 is 62.3 Å². The largest absolute Gasteiger partial charge is 0.370 e. The van der Waals surface area contributed by atoms with Gasteiger partial charge in [-0.2, -0.15) is 0 Å². The van der Waals surface area contributed by atoms with Crippen LogP contribution in [0.4, 0.5) is 0 Å². The number of nitrogens with zero attached hydrogens (tertiary/aromatic N) is 3. The Morgan fingerprint density at radius 1 is 0.463 bits per heavy atom. The van der Waals surface area contributed by atoms with Crippen molar-refractivity contribution in [2.45, 2.75) is 210 Å². The number of fused-ring (bicyclic) bond motifs is 2. The van der Waals surface area contributed by atoms with Crippen molar-refractivity contribution in [1.29, 1.82) is 0 Å². The molecule has 2 saturated heterocycles. The number of aromatic amines is 2. The van der Waals surface area contributed by atoms with E-state index in [4.69, 9.17) is 40.1 Å². The summed E-state index contributed by atoms with van der Waals surface area (Å²) >= 11 is 0. The topological polar surface area (TPSA) is 551 Å². The molecule has 24 N–H and O–H groups in total. The smallest absolute Gasteiger partial charge is 0.245 e. The second kappa shape index (κ2) is 41.2. The summed E-state index contributed by atoms with van der Waals surface area (Å²) in [6.07, 6.45) is 4.13. The summed E-state index contributed by atoms with van der Waals surface area (Å²) in [6.45, 7) is 8.24. The first-order chi connectivity index (χ1) is 51.5. The Hall–Kier alpha value is -11.0. The molecule has 0 aliphatic carbocycles. The molecule has 2 aromatic heterocycles. The Bertz CT molecular complexity index is 3990. The maximum atomic E-state index is 15.4. The molecule has 0 unspecified atom stereocenters. The lowest BCUT2D eigenvalue weighted by Crippen LogP contribution is -2.61. The standard InChI is InChI=1S/C75H108N20O13/c1-42(2)35-55(64(80)98)89-67(101)56(36-43(3)4)90-69(103)59(39-46-41-85-51-23-11-9-20-48(46)51)93-68(102)57(37-44-17-6-5-7-18-44)91-70(104)58(38-45-40-84-50-22-10-8-19-47(45)50)92-66(100)52(27-29-62(78)96)86-65(99)53(28-30-63(79)97)87-71(105)61-26-16-34-95(61)74(108)54(24-12-13-31-76)88-72(106)60-25-15-33-94(60)73(107)49(77)21-14-32-83-75(81)82/h5-11,17-20,22-23,40-43,49,52-61,84-85H,12-16,21,24-39,76-77H2,1-4H3,(H2,78,96)(H2,79,97)(H2,80,98)(H,86,99)(H,87,105)(H,88,106)(H,89,101)(H,90,103)(H,91,104)(H,92,100)(H,93,102)(H4,81,82,83)/t49-,52+,53+,54+,55+,56+,57+,58-,59-,60+,61+/m1/s1. The minimum Gasteiger partial charge on any atom is -0.370 e. The third-order valence-electron chi connectivity index (χ3n) is 19.2. The Labute approximate surface area is 627 Å². The lowest BCUT2D eigenvalue weighted by molar-refractivity contribution is -0.144. The van der Waals surface area contributed by atoms with Gasteiger partial charge in [-0.05, 0) is 131 Å². The quantitative estimate of drug-likeness (QED) is 0.0128. The maximum Gasteiger partial charge on any atom is 0.245 e. The number of primary amides is 3. The van der Waals surface area contributed by atoms with Crippen LogP contribution in [-0.2, 0) is 81.6 Å². The Kier molecular flexibility index (Phi) is 32.2. The lowest BCUT2D eigenvalue weighted by atomic mass is 9.98. The molecule has 0 radical (unpaired) electrons. The molecule has 0 saturated carbocycles. The number of carbonyl (C=O) groups is 13. The van der Waals surface area contributed by atoms with E-state index in [1.807, 2.05) is 45.9 Å². The molecule has 5 aromatic rings. The number of para-hydroxylation sites is 2. The number of nitrogens with one attached hydrogen (secondary N) is 10. The monoisotopic (exact) mass is 1500 g/mol. The molecule has 11 atom stereocenters. The number of aromatic nitrogens is 2. The number of carbonyl (C=O) groups excluding carboxylic acids is 13. The first kappa shape index (κ1) is 84.3. The summed E-state index contributed by atoms with van der Waals surface area (Å²) in [4.78, 5) is 197. The van der Waals surface area contributed by atoms with E-state index in [2.05, 4.69) is 57.5 Å². The molecule has 0 bridgehead atoms. The number of aliphatic imine (C=N–C) groups is 1. The van der Waals surface area contributed by atoms with E-state index in [1.54, 1.807) is 73.1 Å². The number of hydrogen-bond acceptors (Lipinski definition) is 16. The van der Waals surface area contributed by atoms with E-state index >= 15 is 14.4 Å². The molecule has 7 rings (SSSR count). The van der Waals surface area contributed by atoms with Gasteiger partial charge in [-0.1, -0.05) is 94.4 Å². The third kappa shape index (κ3) is 25.1. The number of nitrogens with two attached hydrogens (primary N) is 7. The summed E-state index contributed by atoms with van der Waals surface area (Å²) in [5.41, 5.74) is 43.1. The molecule has 2 fully saturated rings. The van der Waals surface area contributed by atoms with Gasteiger partial charge >= 0.3 is 0 Å². The average Bonchev–Trinajstić information content (AvgIpc) is 1.62. The number of benzene rings is 3. The predicted molar refractivity (Wildman–Crippen MR) is 405 cm³/mol. The molecule has 0 spiro atoms. The molecular formula is C75H108N20O13. The predicted octanol–water partition coefficient (Wildman–Crippen LogP) is -0.844. The highest BCUT2D eigenvalue weighted by molar-refractivity contribution is 6.00. The van der Waals surface area contributed by atoms with Crippen LogP contribution < -0.4 is 82.7 Å². The third-order valence-corrected chi connectivity index (χ3v) is 19.2. The van der Waals surface area contributed by atoms with Crippen LogP contribution in [0.2, 0.25) is 0 Å². The van der Waals surface area contributed by atoms with Gasteiger partial charge < -0.3 is 102 Å². The molecule has 4 heterocycles. The highest BCUT2D eigenvalue weighted by atomic mass is 16.2. The fourth-order valence-electron chi connectivity index (χ4n) is 13.6. The minimum absolute atomic E-state index is 0.0342. The molecule has 586 valence electrons. The fourth-order valence-corrected chi connectivity index (χ4v) is 13.6. The van der Waals surface area contributed by atoms with Gasteiger partial charge in [0.25, 0.3) is 0 Å². The van der Waals surface area contributed by atoms with Crippen molar-refractivity contribution in [1.82, 2.24) is 62.3 Å². The SMILES string of the molecule is CC(C)C[C@H](NC(=O)[C@H](CC(C)C)NC(=O)[C@@H](Cc1c[nH]c2ccccc12)NC(=O)[C@H](Cc1ccccc1)NC(=O)[C@@H](Cc1c[nH]c2ccccc12)NC(=O)[C@H](CCC(N)=O)NC(=O)[C@H](CCC(N)=O)NC(=O)[C@@H]1CCCN1C(=O)[C@H](CCCCN)NC(=O)[C@@H]1CCCN1C(=O)[C@H](N)CCCN=C(N)N)C(N)=O. The number of hydrogen-bond donors (Lipinski definition) is 17. The van der Waals surface area contributed by atoms with Gasteiger partial charge in [0.05, 0.1) is 6.04 Å².